The van der Waals surface area contributed by atoms with E-state index in [1.54, 1.807) is 37.3 Å². The first-order valence-electron chi connectivity index (χ1n) is 8.02. The molecule has 0 fully saturated rings. The minimum atomic E-state index is -1.54. The summed E-state index contributed by atoms with van der Waals surface area (Å²) in [5.41, 5.74) is -0.459. The molecule has 1 aliphatic rings. The van der Waals surface area contributed by atoms with Gasteiger partial charge in [-0.15, -0.1) is 0 Å². The molecular formula is C19H18FNO4. The number of aliphatic carboxylic acids is 1. The van der Waals surface area contributed by atoms with Gasteiger partial charge in [0.1, 0.15) is 11.6 Å². The lowest BCUT2D eigenvalue weighted by Gasteiger charge is -2.31. The molecule has 0 saturated heterocycles. The van der Waals surface area contributed by atoms with Gasteiger partial charge in [-0.3, -0.25) is 4.79 Å². The average molecular weight is 343 g/mol. The van der Waals surface area contributed by atoms with Crippen molar-refractivity contribution in [3.8, 4) is 5.75 Å². The number of hydrogen-bond acceptors (Lipinski definition) is 3. The standard InChI is InChI=1S/C19H18FNO4/c1-2-19(18(23)24,13-6-4-3-5-7-13)21-17(22)16-11-12-10-14(20)8-9-15(12)25-16/h3-10,16H,2,11H2,1H3,(H,21,22)(H,23,24). The first-order valence-corrected chi connectivity index (χ1v) is 8.02. The molecule has 2 atom stereocenters. The van der Waals surface area contributed by atoms with E-state index in [2.05, 4.69) is 5.32 Å². The number of halogens is 1. The van der Waals surface area contributed by atoms with Crippen LogP contribution in [-0.4, -0.2) is 23.1 Å². The second-order valence-electron chi connectivity index (χ2n) is 5.98. The van der Waals surface area contributed by atoms with Crippen molar-refractivity contribution < 1.29 is 23.8 Å². The monoisotopic (exact) mass is 343 g/mol. The molecule has 0 aromatic heterocycles. The van der Waals surface area contributed by atoms with Crippen molar-refractivity contribution in [3.63, 3.8) is 0 Å². The third kappa shape index (κ3) is 3.07. The first kappa shape index (κ1) is 17.0. The van der Waals surface area contributed by atoms with E-state index in [1.807, 2.05) is 0 Å². The van der Waals surface area contributed by atoms with Gasteiger partial charge in [0, 0.05) is 12.0 Å². The van der Waals surface area contributed by atoms with Crippen molar-refractivity contribution in [3.05, 3.63) is 65.5 Å². The molecule has 1 heterocycles. The number of nitrogens with one attached hydrogen (secondary N) is 1. The van der Waals surface area contributed by atoms with Crippen molar-refractivity contribution >= 4 is 11.9 Å². The van der Waals surface area contributed by atoms with Crippen LogP contribution >= 0.6 is 0 Å². The van der Waals surface area contributed by atoms with Crippen LogP contribution in [0.4, 0.5) is 4.39 Å². The van der Waals surface area contributed by atoms with Gasteiger partial charge >= 0.3 is 5.97 Å². The summed E-state index contributed by atoms with van der Waals surface area (Å²) in [6.45, 7) is 1.70. The average Bonchev–Trinajstić information content (AvgIpc) is 3.03. The van der Waals surface area contributed by atoms with Crippen LogP contribution in [0.3, 0.4) is 0 Å². The van der Waals surface area contributed by atoms with E-state index in [-0.39, 0.29) is 12.8 Å². The van der Waals surface area contributed by atoms with Crippen LogP contribution in [0.5, 0.6) is 5.75 Å². The van der Waals surface area contributed by atoms with E-state index in [1.165, 1.54) is 18.2 Å². The van der Waals surface area contributed by atoms with Gasteiger partial charge in [-0.1, -0.05) is 37.3 Å². The van der Waals surface area contributed by atoms with Crippen molar-refractivity contribution in [1.82, 2.24) is 5.32 Å². The summed E-state index contributed by atoms with van der Waals surface area (Å²) in [7, 11) is 0. The Hall–Kier alpha value is -2.89. The van der Waals surface area contributed by atoms with Crippen LogP contribution in [0.25, 0.3) is 0 Å². The van der Waals surface area contributed by atoms with E-state index >= 15 is 0 Å². The number of ether oxygens (including phenoxy) is 1. The Bertz CT molecular complexity index is 808. The third-order valence-corrected chi connectivity index (χ3v) is 4.49. The summed E-state index contributed by atoms with van der Waals surface area (Å²) >= 11 is 0. The highest BCUT2D eigenvalue weighted by Gasteiger charge is 2.42. The summed E-state index contributed by atoms with van der Waals surface area (Å²) in [5.74, 6) is -1.64. The fourth-order valence-electron chi connectivity index (χ4n) is 3.07. The summed E-state index contributed by atoms with van der Waals surface area (Å²) in [5, 5.41) is 12.4. The van der Waals surface area contributed by atoms with Crippen LogP contribution in [0.15, 0.2) is 48.5 Å². The molecular weight excluding hydrogens is 325 g/mol. The number of hydrogen-bond donors (Lipinski definition) is 2. The molecule has 1 aliphatic heterocycles. The molecule has 2 aromatic rings. The molecule has 0 bridgehead atoms. The van der Waals surface area contributed by atoms with Crippen LogP contribution < -0.4 is 10.1 Å². The fourth-order valence-corrected chi connectivity index (χ4v) is 3.07. The van der Waals surface area contributed by atoms with Crippen LogP contribution in [0.1, 0.15) is 24.5 Å². The van der Waals surface area contributed by atoms with Crippen LogP contribution in [0, 0.1) is 5.82 Å². The molecule has 0 aliphatic carbocycles. The minimum Gasteiger partial charge on any atom is -0.480 e. The minimum absolute atomic E-state index is 0.173. The van der Waals surface area contributed by atoms with E-state index in [4.69, 9.17) is 4.74 Å². The lowest BCUT2D eigenvalue weighted by Crippen LogP contribution is -2.54. The molecule has 2 aromatic carbocycles. The Kier molecular flexibility index (Phi) is 4.44. The second-order valence-corrected chi connectivity index (χ2v) is 5.98. The zero-order chi connectivity index (χ0) is 18.0. The zero-order valence-electron chi connectivity index (χ0n) is 13.7. The maximum Gasteiger partial charge on any atom is 0.334 e. The predicted molar refractivity (Wildman–Crippen MR) is 88.7 cm³/mol. The maximum absolute atomic E-state index is 13.3. The molecule has 25 heavy (non-hydrogen) atoms. The van der Waals surface area contributed by atoms with Gasteiger partial charge in [-0.05, 0) is 30.2 Å². The van der Waals surface area contributed by atoms with Gasteiger partial charge in [0.05, 0.1) is 0 Å². The summed E-state index contributed by atoms with van der Waals surface area (Å²) in [4.78, 5) is 24.6. The number of carbonyl (C=O) groups is 2. The number of amides is 1. The maximum atomic E-state index is 13.3. The van der Waals surface area contributed by atoms with Gasteiger partial charge in [-0.25, -0.2) is 9.18 Å². The molecule has 0 radical (unpaired) electrons. The Labute approximate surface area is 144 Å². The molecule has 3 rings (SSSR count). The Morgan fingerprint density at radius 2 is 2.00 bits per heavy atom. The topological polar surface area (TPSA) is 75.6 Å². The third-order valence-electron chi connectivity index (χ3n) is 4.49. The van der Waals surface area contributed by atoms with Gasteiger partial charge in [0.25, 0.3) is 5.91 Å². The molecule has 2 unspecified atom stereocenters. The summed E-state index contributed by atoms with van der Waals surface area (Å²) in [6.07, 6.45) is -0.509. The van der Waals surface area contributed by atoms with Gasteiger partial charge < -0.3 is 15.2 Å². The highest BCUT2D eigenvalue weighted by Crippen LogP contribution is 2.31. The van der Waals surface area contributed by atoms with E-state index in [0.29, 0.717) is 16.9 Å². The van der Waals surface area contributed by atoms with Crippen molar-refractivity contribution in [1.29, 1.82) is 0 Å². The fraction of sp³-hybridized carbons (Fsp3) is 0.263. The number of rotatable bonds is 5. The summed E-state index contributed by atoms with van der Waals surface area (Å²) < 4.78 is 18.9. The predicted octanol–water partition coefficient (Wildman–Crippen LogP) is 2.64. The lowest BCUT2D eigenvalue weighted by molar-refractivity contribution is -0.149. The number of carboxylic acid groups (broad SMARTS) is 1. The molecule has 0 spiro atoms. The van der Waals surface area contributed by atoms with Crippen molar-refractivity contribution in [2.45, 2.75) is 31.4 Å². The molecule has 0 saturated carbocycles. The number of carboxylic acids is 1. The quantitative estimate of drug-likeness (QED) is 0.875. The SMILES string of the molecule is CCC(NC(=O)C1Cc2cc(F)ccc2O1)(C(=O)O)c1ccccc1. The van der Waals surface area contributed by atoms with E-state index in [9.17, 15) is 19.1 Å². The van der Waals surface area contributed by atoms with Crippen molar-refractivity contribution in [2.75, 3.05) is 0 Å². The normalized spacial score (nSPS) is 17.9. The van der Waals surface area contributed by atoms with E-state index in [0.717, 1.165) is 0 Å². The molecule has 5 nitrogen and oxygen atoms in total. The van der Waals surface area contributed by atoms with Crippen molar-refractivity contribution in [2.24, 2.45) is 0 Å². The van der Waals surface area contributed by atoms with Crippen LogP contribution in [0.2, 0.25) is 0 Å². The Balaban J connectivity index is 1.84. The summed E-state index contributed by atoms with van der Waals surface area (Å²) in [6, 6.07) is 12.6. The first-order chi connectivity index (χ1) is 12.0. The molecule has 6 heteroatoms. The zero-order valence-corrected chi connectivity index (χ0v) is 13.7. The van der Waals surface area contributed by atoms with E-state index < -0.39 is 29.3 Å². The van der Waals surface area contributed by atoms with Gasteiger partial charge in [0.15, 0.2) is 11.6 Å². The molecule has 1 amide bonds. The number of benzene rings is 2. The lowest BCUT2D eigenvalue weighted by atomic mass is 9.87. The molecule has 2 N–H and O–H groups in total. The number of carbonyl (C=O) groups excluding carboxylic acids is 1. The highest BCUT2D eigenvalue weighted by atomic mass is 19.1. The Morgan fingerprint density at radius 3 is 2.64 bits per heavy atom. The highest BCUT2D eigenvalue weighted by molar-refractivity contribution is 5.90. The molecule has 130 valence electrons. The van der Waals surface area contributed by atoms with Crippen LogP contribution in [-0.2, 0) is 21.5 Å². The van der Waals surface area contributed by atoms with Gasteiger partial charge in [-0.2, -0.15) is 0 Å². The smallest absolute Gasteiger partial charge is 0.334 e. The van der Waals surface area contributed by atoms with Gasteiger partial charge in [0.2, 0.25) is 0 Å². The number of fused-ring (bicyclic) bond motifs is 1. The Morgan fingerprint density at radius 1 is 1.28 bits per heavy atom. The second kappa shape index (κ2) is 6.55. The largest absolute Gasteiger partial charge is 0.480 e.